The third-order valence-electron chi connectivity index (χ3n) is 8.30. The molecule has 0 bridgehead atoms. The van der Waals surface area contributed by atoms with E-state index in [1.165, 1.54) is 24.2 Å². The van der Waals surface area contributed by atoms with E-state index in [1.54, 1.807) is 6.07 Å². The number of ketones is 2. The molecule has 4 atom stereocenters. The molecule has 4 aliphatic rings. The number of benzene rings is 1. The number of rotatable bonds is 8. The third-order valence-corrected chi connectivity index (χ3v) is 9.18. The highest BCUT2D eigenvalue weighted by atomic mass is 79.9. The van der Waals surface area contributed by atoms with Gasteiger partial charge < -0.3 is 14.9 Å². The van der Waals surface area contributed by atoms with Crippen LogP contribution in [0.4, 0.5) is 0 Å². The molecule has 0 spiro atoms. The Morgan fingerprint density at radius 2 is 1.88 bits per heavy atom. The number of carboxylic acids is 1. The summed E-state index contributed by atoms with van der Waals surface area (Å²) in [4.78, 5) is 65.8. The van der Waals surface area contributed by atoms with Crippen molar-refractivity contribution in [1.82, 2.24) is 4.90 Å². The van der Waals surface area contributed by atoms with Gasteiger partial charge in [-0.15, -0.1) is 0 Å². The molecule has 0 unspecified atom stereocenters. The van der Waals surface area contributed by atoms with Crippen molar-refractivity contribution in [2.75, 3.05) is 13.7 Å². The van der Waals surface area contributed by atoms with Crippen LogP contribution in [0.15, 0.2) is 45.5 Å². The summed E-state index contributed by atoms with van der Waals surface area (Å²) in [6, 6.07) is 3.10. The number of halogens is 2. The predicted octanol–water partition coefficient (Wildman–Crippen LogP) is 4.46. The van der Waals surface area contributed by atoms with E-state index in [2.05, 4.69) is 15.9 Å². The number of hydrogen-bond acceptors (Lipinski definition) is 7. The maximum Gasteiger partial charge on any atom is 0.303 e. The number of amides is 2. The van der Waals surface area contributed by atoms with Crippen LogP contribution in [0, 0.1) is 17.8 Å². The number of imide groups is 1. The average molecular weight is 633 g/mol. The van der Waals surface area contributed by atoms with Gasteiger partial charge in [0.25, 0.3) is 0 Å². The molecule has 0 aromatic heterocycles. The number of carbonyl (C=O) groups is 5. The number of methoxy groups -OCH3 is 1. The Morgan fingerprint density at radius 3 is 2.58 bits per heavy atom. The maximum absolute atomic E-state index is 13.7. The number of unbranched alkanes of at least 4 members (excludes halogenated alkanes) is 2. The summed E-state index contributed by atoms with van der Waals surface area (Å²) in [5.41, 5.74) is 1.88. The van der Waals surface area contributed by atoms with Gasteiger partial charge in [0.15, 0.2) is 23.1 Å². The molecule has 5 rings (SSSR count). The Morgan fingerprint density at radius 1 is 1.12 bits per heavy atom. The Balaban J connectivity index is 1.53. The molecule has 9 nitrogen and oxygen atoms in total. The molecule has 1 aromatic carbocycles. The molecular formula is C29H27BrClNO8. The number of hydrogen-bond donors (Lipinski definition) is 2. The van der Waals surface area contributed by atoms with Gasteiger partial charge in [0.2, 0.25) is 11.8 Å². The zero-order chi connectivity index (χ0) is 28.9. The summed E-state index contributed by atoms with van der Waals surface area (Å²) in [5, 5.41) is 19.2. The van der Waals surface area contributed by atoms with Crippen LogP contribution in [0.5, 0.6) is 11.5 Å². The van der Waals surface area contributed by atoms with Crippen LogP contribution >= 0.6 is 27.5 Å². The molecule has 40 heavy (non-hydrogen) atoms. The van der Waals surface area contributed by atoms with E-state index < -0.39 is 29.6 Å². The van der Waals surface area contributed by atoms with Crippen LogP contribution in [-0.4, -0.2) is 58.1 Å². The van der Waals surface area contributed by atoms with Gasteiger partial charge in [-0.05, 0) is 65.2 Å². The summed E-state index contributed by atoms with van der Waals surface area (Å²) in [5.74, 6) is -4.77. The molecule has 1 fully saturated rings. The molecule has 210 valence electrons. The van der Waals surface area contributed by atoms with Crippen LogP contribution in [0.3, 0.4) is 0 Å². The highest BCUT2D eigenvalue weighted by Crippen LogP contribution is 2.56. The first kappa shape index (κ1) is 28.3. The molecule has 1 saturated heterocycles. The number of likely N-dealkylation sites (tertiary alicyclic amines) is 1. The lowest BCUT2D eigenvalue weighted by atomic mass is 9.59. The summed E-state index contributed by atoms with van der Waals surface area (Å²) >= 11 is 9.52. The van der Waals surface area contributed by atoms with Gasteiger partial charge in [-0.1, -0.05) is 29.7 Å². The summed E-state index contributed by atoms with van der Waals surface area (Å²) < 4.78 is 5.43. The fourth-order valence-electron chi connectivity index (χ4n) is 6.51. The molecule has 2 N–H and O–H groups in total. The van der Waals surface area contributed by atoms with E-state index in [1.807, 2.05) is 6.08 Å². The number of ether oxygens (including phenoxy) is 1. The quantitative estimate of drug-likeness (QED) is 0.185. The first-order valence-electron chi connectivity index (χ1n) is 13.1. The fraction of sp³-hybridized carbons (Fsp3) is 0.414. The number of aliphatic carboxylic acids is 1. The van der Waals surface area contributed by atoms with E-state index in [-0.39, 0.29) is 63.8 Å². The molecule has 2 amide bonds. The van der Waals surface area contributed by atoms with Crippen LogP contribution in [0.25, 0.3) is 0 Å². The Hall–Kier alpha value is -3.24. The Labute approximate surface area is 243 Å². The van der Waals surface area contributed by atoms with Crippen molar-refractivity contribution in [2.45, 2.75) is 44.4 Å². The number of fused-ring (bicyclic) bond motifs is 3. The van der Waals surface area contributed by atoms with Crippen molar-refractivity contribution < 1.29 is 38.9 Å². The first-order chi connectivity index (χ1) is 19.0. The maximum atomic E-state index is 13.7. The number of carbonyl (C=O) groups excluding carboxylic acids is 4. The van der Waals surface area contributed by atoms with Gasteiger partial charge in [-0.3, -0.25) is 28.9 Å². The average Bonchev–Trinajstić information content (AvgIpc) is 3.16. The van der Waals surface area contributed by atoms with Crippen molar-refractivity contribution in [3.05, 3.63) is 56.1 Å². The molecule has 0 radical (unpaired) electrons. The lowest BCUT2D eigenvalue weighted by molar-refractivity contribution is -0.141. The van der Waals surface area contributed by atoms with Crippen LogP contribution in [0.1, 0.15) is 50.0 Å². The molecule has 1 heterocycles. The number of phenolic OH excluding ortho intramolecular Hbond substituents is 1. The van der Waals surface area contributed by atoms with Gasteiger partial charge in [-0.2, -0.15) is 0 Å². The number of aromatic hydroxyl groups is 1. The number of nitrogens with zero attached hydrogens (tertiary/aromatic N) is 1. The number of Topliss-reactive ketones (excluding diaryl/α,β-unsaturated/α-hetero) is 1. The van der Waals surface area contributed by atoms with Crippen molar-refractivity contribution in [2.24, 2.45) is 17.8 Å². The van der Waals surface area contributed by atoms with Gasteiger partial charge in [-0.25, -0.2) is 0 Å². The minimum absolute atomic E-state index is 0.0143. The molecule has 1 aromatic rings. The molecule has 11 heteroatoms. The molecule has 3 aliphatic carbocycles. The van der Waals surface area contributed by atoms with Crippen molar-refractivity contribution >= 4 is 56.9 Å². The van der Waals surface area contributed by atoms with Gasteiger partial charge >= 0.3 is 5.97 Å². The van der Waals surface area contributed by atoms with Crippen molar-refractivity contribution in [3.8, 4) is 11.5 Å². The highest BCUT2D eigenvalue weighted by molar-refractivity contribution is 9.12. The zero-order valence-corrected chi connectivity index (χ0v) is 24.0. The van der Waals surface area contributed by atoms with E-state index in [0.29, 0.717) is 42.4 Å². The van der Waals surface area contributed by atoms with Crippen molar-refractivity contribution in [1.29, 1.82) is 0 Å². The van der Waals surface area contributed by atoms with Crippen molar-refractivity contribution in [3.63, 3.8) is 0 Å². The number of phenols is 1. The van der Waals surface area contributed by atoms with Gasteiger partial charge in [0.05, 0.1) is 28.5 Å². The van der Waals surface area contributed by atoms with E-state index in [0.717, 1.165) is 5.57 Å². The molecule has 1 aliphatic heterocycles. The second kappa shape index (κ2) is 11.0. The normalized spacial score (nSPS) is 25.8. The third kappa shape index (κ3) is 4.71. The second-order valence-electron chi connectivity index (χ2n) is 10.5. The largest absolute Gasteiger partial charge is 0.503 e. The first-order valence-corrected chi connectivity index (χ1v) is 14.2. The standard InChI is InChI=1S/C29H27BrClNO8/c1-40-21-10-13(9-19(31)27(21)37)23-14-6-7-15-24(16(14)11-17-25(23)20(33)12-18(30)26(17)36)29(39)32(28(15)38)8-4-2-3-5-22(34)35/h6,9-10,12,15-16,23-24,37H,2-5,7-8,11H2,1H3,(H,34,35)/t15-,16+,23-,24-/m0/s1. The minimum Gasteiger partial charge on any atom is -0.503 e. The van der Waals surface area contributed by atoms with E-state index in [9.17, 15) is 29.1 Å². The number of carboxylic acid groups (broad SMARTS) is 1. The van der Waals surface area contributed by atoms with E-state index in [4.69, 9.17) is 21.4 Å². The molecular weight excluding hydrogens is 606 g/mol. The smallest absolute Gasteiger partial charge is 0.303 e. The van der Waals surface area contributed by atoms with Gasteiger partial charge in [0.1, 0.15) is 0 Å². The number of allylic oxidation sites excluding steroid dienone is 6. The lowest BCUT2D eigenvalue weighted by Crippen LogP contribution is -2.39. The monoisotopic (exact) mass is 631 g/mol. The highest BCUT2D eigenvalue weighted by Gasteiger charge is 2.56. The zero-order valence-electron chi connectivity index (χ0n) is 21.6. The predicted molar refractivity (Wildman–Crippen MR) is 147 cm³/mol. The summed E-state index contributed by atoms with van der Waals surface area (Å²) in [6.07, 6.45) is 5.16. The van der Waals surface area contributed by atoms with Crippen LogP contribution in [0.2, 0.25) is 5.02 Å². The van der Waals surface area contributed by atoms with Crippen LogP contribution in [-0.2, 0) is 24.0 Å². The van der Waals surface area contributed by atoms with Crippen LogP contribution < -0.4 is 4.74 Å². The summed E-state index contributed by atoms with van der Waals surface area (Å²) in [6.45, 7) is 0.209. The lowest BCUT2D eigenvalue weighted by Gasteiger charge is -2.42. The minimum atomic E-state index is -0.886. The Bertz CT molecular complexity index is 1440. The SMILES string of the molecule is COc1cc([C@H]2C3=CC[C@@H]4C(=O)N(CCCCCC(=O)O)C(=O)[C@@H]4[C@@H]3CC3=C2C(=O)C=C(Br)C3=O)cc(Cl)c1O. The topological polar surface area (TPSA) is 138 Å². The Kier molecular flexibility index (Phi) is 7.76. The fourth-order valence-corrected chi connectivity index (χ4v) is 7.18. The van der Waals surface area contributed by atoms with Gasteiger partial charge in [0, 0.05) is 36.1 Å². The second-order valence-corrected chi connectivity index (χ2v) is 11.7. The summed E-state index contributed by atoms with van der Waals surface area (Å²) in [7, 11) is 1.38. The van der Waals surface area contributed by atoms with E-state index >= 15 is 0 Å². The molecule has 0 saturated carbocycles.